The number of nitrogens with zero attached hydrogens (tertiary/aromatic N) is 3. The van der Waals surface area contributed by atoms with Crippen molar-refractivity contribution < 1.29 is 0 Å². The van der Waals surface area contributed by atoms with Crippen molar-refractivity contribution in [2.75, 3.05) is 0 Å². The van der Waals surface area contributed by atoms with Gasteiger partial charge in [0.25, 0.3) is 5.56 Å². The Kier molecular flexibility index (Phi) is 3.71. The highest BCUT2D eigenvalue weighted by Crippen LogP contribution is 1.95. The van der Waals surface area contributed by atoms with Crippen molar-refractivity contribution in [3.05, 3.63) is 28.9 Å². The molecule has 0 radical (unpaired) electrons. The van der Waals surface area contributed by atoms with Crippen LogP contribution in [0, 0.1) is 11.3 Å². The number of nitriles is 1. The summed E-state index contributed by atoms with van der Waals surface area (Å²) in [5.41, 5.74) is -0.0352. The third kappa shape index (κ3) is 3.08. The molecule has 4 heteroatoms. The van der Waals surface area contributed by atoms with Crippen LogP contribution >= 0.6 is 0 Å². The molecule has 0 amide bonds. The molecular weight excluding hydrogens is 166 g/mol. The van der Waals surface area contributed by atoms with Gasteiger partial charge in [-0.05, 0) is 12.8 Å². The van der Waals surface area contributed by atoms with Gasteiger partial charge in [0.15, 0.2) is 0 Å². The summed E-state index contributed by atoms with van der Waals surface area (Å²) in [6.45, 7) is 0.647. The molecule has 0 saturated heterocycles. The second kappa shape index (κ2) is 5.09. The van der Waals surface area contributed by atoms with Crippen LogP contribution in [-0.2, 0) is 6.54 Å². The minimum absolute atomic E-state index is 0.0352. The molecule has 0 aromatic carbocycles. The van der Waals surface area contributed by atoms with Gasteiger partial charge in [-0.25, -0.2) is 4.98 Å². The summed E-state index contributed by atoms with van der Waals surface area (Å²) >= 11 is 0. The van der Waals surface area contributed by atoms with E-state index in [1.165, 1.54) is 18.6 Å². The Labute approximate surface area is 76.5 Å². The number of hydrogen-bond donors (Lipinski definition) is 0. The van der Waals surface area contributed by atoms with Crippen molar-refractivity contribution in [1.29, 1.82) is 5.26 Å². The zero-order valence-corrected chi connectivity index (χ0v) is 7.31. The van der Waals surface area contributed by atoms with Crippen LogP contribution < -0.4 is 5.56 Å². The summed E-state index contributed by atoms with van der Waals surface area (Å²) in [5.74, 6) is 0. The molecule has 1 aromatic heterocycles. The van der Waals surface area contributed by atoms with E-state index < -0.39 is 0 Å². The van der Waals surface area contributed by atoms with Crippen LogP contribution in [0.4, 0.5) is 0 Å². The highest BCUT2D eigenvalue weighted by Gasteiger charge is 1.93. The Bertz CT molecular complexity index is 350. The maximum atomic E-state index is 11.1. The molecule has 1 heterocycles. The highest BCUT2D eigenvalue weighted by atomic mass is 16.1. The fourth-order valence-corrected chi connectivity index (χ4v) is 1.03. The lowest BCUT2D eigenvalue weighted by molar-refractivity contribution is 0.590. The van der Waals surface area contributed by atoms with Gasteiger partial charge < -0.3 is 0 Å². The number of rotatable bonds is 4. The highest BCUT2D eigenvalue weighted by molar-refractivity contribution is 4.81. The van der Waals surface area contributed by atoms with E-state index >= 15 is 0 Å². The van der Waals surface area contributed by atoms with E-state index in [9.17, 15) is 4.79 Å². The average molecular weight is 177 g/mol. The second-order valence-electron chi connectivity index (χ2n) is 2.73. The van der Waals surface area contributed by atoms with E-state index in [-0.39, 0.29) is 5.56 Å². The Balaban J connectivity index is 2.42. The van der Waals surface area contributed by atoms with Gasteiger partial charge in [0.1, 0.15) is 0 Å². The lowest BCUT2D eigenvalue weighted by Crippen LogP contribution is -2.18. The largest absolute Gasteiger partial charge is 0.299 e. The quantitative estimate of drug-likeness (QED) is 0.643. The maximum Gasteiger partial charge on any atom is 0.253 e. The summed E-state index contributed by atoms with van der Waals surface area (Å²) in [5, 5.41) is 8.29. The van der Waals surface area contributed by atoms with Gasteiger partial charge in [-0.15, -0.1) is 0 Å². The van der Waals surface area contributed by atoms with Crippen LogP contribution in [0.5, 0.6) is 0 Å². The van der Waals surface area contributed by atoms with E-state index in [2.05, 4.69) is 11.1 Å². The van der Waals surface area contributed by atoms with Gasteiger partial charge in [0.05, 0.1) is 12.4 Å². The van der Waals surface area contributed by atoms with E-state index in [0.717, 1.165) is 12.8 Å². The van der Waals surface area contributed by atoms with Gasteiger partial charge in [-0.1, -0.05) is 0 Å². The lowest BCUT2D eigenvalue weighted by Gasteiger charge is -2.01. The number of aryl methyl sites for hydroxylation is 1. The molecule has 4 nitrogen and oxygen atoms in total. The van der Waals surface area contributed by atoms with Gasteiger partial charge in [0.2, 0.25) is 0 Å². The van der Waals surface area contributed by atoms with Crippen LogP contribution in [-0.4, -0.2) is 9.55 Å². The summed E-state index contributed by atoms with van der Waals surface area (Å²) < 4.78 is 1.55. The fraction of sp³-hybridized carbons (Fsp3) is 0.444. The zero-order chi connectivity index (χ0) is 9.52. The standard InChI is InChI=1S/C9H11N3O/c10-5-2-1-3-7-12-8-11-6-4-9(12)13/h4,6,8H,1-3,7H2. The first-order valence-electron chi connectivity index (χ1n) is 4.22. The molecule has 0 saturated carbocycles. The summed E-state index contributed by atoms with van der Waals surface area (Å²) in [7, 11) is 0. The minimum atomic E-state index is -0.0352. The topological polar surface area (TPSA) is 58.7 Å². The Morgan fingerprint density at radius 3 is 3.08 bits per heavy atom. The SMILES string of the molecule is N#CCCCCn1cnccc1=O. The number of aromatic nitrogens is 2. The van der Waals surface area contributed by atoms with Gasteiger partial charge in [-0.2, -0.15) is 5.26 Å². The molecule has 0 spiro atoms. The Morgan fingerprint density at radius 1 is 1.54 bits per heavy atom. The third-order valence-electron chi connectivity index (χ3n) is 1.73. The first-order chi connectivity index (χ1) is 6.34. The van der Waals surface area contributed by atoms with Gasteiger partial charge in [-0.3, -0.25) is 9.36 Å². The molecule has 0 aliphatic heterocycles. The molecule has 0 aliphatic carbocycles. The van der Waals surface area contributed by atoms with Crippen LogP contribution in [0.3, 0.4) is 0 Å². The van der Waals surface area contributed by atoms with Crippen molar-refractivity contribution in [3.63, 3.8) is 0 Å². The van der Waals surface area contributed by atoms with Gasteiger partial charge in [0, 0.05) is 25.2 Å². The van der Waals surface area contributed by atoms with Crippen LogP contribution in [0.15, 0.2) is 23.4 Å². The smallest absolute Gasteiger partial charge is 0.253 e. The second-order valence-corrected chi connectivity index (χ2v) is 2.73. The van der Waals surface area contributed by atoms with Crippen LogP contribution in [0.2, 0.25) is 0 Å². The molecule has 0 unspecified atom stereocenters. The molecule has 0 fully saturated rings. The monoisotopic (exact) mass is 177 g/mol. The summed E-state index contributed by atoms with van der Waals surface area (Å²) in [6, 6.07) is 3.50. The third-order valence-corrected chi connectivity index (χ3v) is 1.73. The minimum Gasteiger partial charge on any atom is -0.299 e. The molecular formula is C9H11N3O. The summed E-state index contributed by atoms with van der Waals surface area (Å²) in [4.78, 5) is 15.0. The van der Waals surface area contributed by atoms with Gasteiger partial charge >= 0.3 is 0 Å². The number of hydrogen-bond acceptors (Lipinski definition) is 3. The Hall–Kier alpha value is -1.63. The van der Waals surface area contributed by atoms with E-state index in [1.54, 1.807) is 4.57 Å². The molecule has 13 heavy (non-hydrogen) atoms. The van der Waals surface area contributed by atoms with Crippen molar-refractivity contribution in [2.45, 2.75) is 25.8 Å². The maximum absolute atomic E-state index is 11.1. The van der Waals surface area contributed by atoms with Crippen molar-refractivity contribution in [2.24, 2.45) is 0 Å². The van der Waals surface area contributed by atoms with Crippen LogP contribution in [0.25, 0.3) is 0 Å². The lowest BCUT2D eigenvalue weighted by atomic mass is 10.2. The first-order valence-corrected chi connectivity index (χ1v) is 4.22. The molecule has 0 N–H and O–H groups in total. The van der Waals surface area contributed by atoms with Crippen molar-refractivity contribution >= 4 is 0 Å². The average Bonchev–Trinajstić information content (AvgIpc) is 2.15. The molecule has 1 rings (SSSR count). The van der Waals surface area contributed by atoms with Crippen molar-refractivity contribution in [3.8, 4) is 6.07 Å². The van der Waals surface area contributed by atoms with E-state index in [4.69, 9.17) is 5.26 Å². The normalized spacial score (nSPS) is 9.46. The molecule has 0 atom stereocenters. The first kappa shape index (κ1) is 9.46. The Morgan fingerprint density at radius 2 is 2.38 bits per heavy atom. The van der Waals surface area contributed by atoms with Crippen molar-refractivity contribution in [1.82, 2.24) is 9.55 Å². The molecule has 0 bridgehead atoms. The van der Waals surface area contributed by atoms with E-state index in [1.807, 2.05) is 0 Å². The molecule has 68 valence electrons. The predicted octanol–water partition coefficient (Wildman–Crippen LogP) is 0.937. The van der Waals surface area contributed by atoms with E-state index in [0.29, 0.717) is 13.0 Å². The summed E-state index contributed by atoms with van der Waals surface area (Å²) in [6.07, 6.45) is 5.23. The molecule has 0 aliphatic rings. The number of unbranched alkanes of at least 4 members (excludes halogenated alkanes) is 2. The zero-order valence-electron chi connectivity index (χ0n) is 7.31. The predicted molar refractivity (Wildman–Crippen MR) is 48.0 cm³/mol. The molecule has 1 aromatic rings. The van der Waals surface area contributed by atoms with Crippen LogP contribution in [0.1, 0.15) is 19.3 Å². The fourth-order valence-electron chi connectivity index (χ4n) is 1.03.